The third-order valence-corrected chi connectivity index (χ3v) is 7.88. The van der Waals surface area contributed by atoms with E-state index < -0.39 is 23.4 Å². The normalized spacial score (nSPS) is 54.2. The Bertz CT molecular complexity index is 532. The van der Waals surface area contributed by atoms with Crippen molar-refractivity contribution in [2.75, 3.05) is 6.61 Å². The van der Waals surface area contributed by atoms with Crippen LogP contribution in [0.5, 0.6) is 0 Å². The molecule has 25 heavy (non-hydrogen) atoms. The Morgan fingerprint density at radius 1 is 1.12 bits per heavy atom. The van der Waals surface area contributed by atoms with E-state index in [1.54, 1.807) is 6.92 Å². The molecule has 0 aromatic heterocycles. The van der Waals surface area contributed by atoms with E-state index in [2.05, 4.69) is 13.8 Å². The first-order valence-corrected chi connectivity index (χ1v) is 9.78. The molecular formula is C20H34O5. The Morgan fingerprint density at radius 3 is 2.44 bits per heavy atom. The highest BCUT2D eigenvalue weighted by atomic mass is 16.6. The van der Waals surface area contributed by atoms with Crippen LogP contribution < -0.4 is 0 Å². The van der Waals surface area contributed by atoms with Gasteiger partial charge in [-0.1, -0.05) is 13.8 Å². The van der Waals surface area contributed by atoms with Crippen molar-refractivity contribution in [3.8, 4) is 0 Å². The fourth-order valence-electron chi connectivity index (χ4n) is 5.30. The van der Waals surface area contributed by atoms with Crippen LogP contribution in [0.4, 0.5) is 0 Å². The molecule has 5 heteroatoms. The van der Waals surface area contributed by atoms with Crippen molar-refractivity contribution < 1.29 is 24.9 Å². The molecule has 1 aliphatic heterocycles. The van der Waals surface area contributed by atoms with Crippen LogP contribution in [-0.4, -0.2) is 51.1 Å². The Kier molecular flexibility index (Phi) is 4.85. The first-order valence-electron chi connectivity index (χ1n) is 9.78. The molecule has 144 valence electrons. The Balaban J connectivity index is 1.96. The number of carbonyl (C=O) groups excluding carboxylic acids is 1. The lowest BCUT2D eigenvalue weighted by molar-refractivity contribution is -0.136. The highest BCUT2D eigenvalue weighted by Gasteiger charge is 2.60. The molecule has 3 N–H and O–H groups in total. The second kappa shape index (κ2) is 6.29. The van der Waals surface area contributed by atoms with Crippen LogP contribution in [0.1, 0.15) is 66.2 Å². The molecule has 8 atom stereocenters. The second-order valence-corrected chi connectivity index (χ2v) is 9.50. The van der Waals surface area contributed by atoms with Gasteiger partial charge in [-0.05, 0) is 69.6 Å². The number of ether oxygens (including phenoxy) is 1. The Morgan fingerprint density at radius 2 is 1.80 bits per heavy atom. The number of ketones is 1. The zero-order chi connectivity index (χ0) is 18.6. The molecule has 1 heterocycles. The number of carbonyl (C=O) groups is 1. The summed E-state index contributed by atoms with van der Waals surface area (Å²) >= 11 is 0. The van der Waals surface area contributed by atoms with Gasteiger partial charge in [-0.2, -0.15) is 0 Å². The summed E-state index contributed by atoms with van der Waals surface area (Å²) in [6, 6.07) is 0. The summed E-state index contributed by atoms with van der Waals surface area (Å²) in [6.45, 7) is 7.91. The van der Waals surface area contributed by atoms with Gasteiger partial charge in [-0.3, -0.25) is 4.79 Å². The zero-order valence-corrected chi connectivity index (χ0v) is 16.0. The molecule has 0 aromatic rings. The van der Waals surface area contributed by atoms with Crippen molar-refractivity contribution in [1.82, 2.24) is 0 Å². The van der Waals surface area contributed by atoms with E-state index in [0.717, 1.165) is 12.8 Å². The van der Waals surface area contributed by atoms with Crippen molar-refractivity contribution in [3.05, 3.63) is 0 Å². The molecule has 0 radical (unpaired) electrons. The van der Waals surface area contributed by atoms with Gasteiger partial charge >= 0.3 is 0 Å². The quantitative estimate of drug-likeness (QED) is 0.627. The fraction of sp³-hybridized carbons (Fsp3) is 0.950. The van der Waals surface area contributed by atoms with E-state index in [0.29, 0.717) is 31.6 Å². The number of aliphatic hydroxyl groups excluding tert-OH is 2. The number of rotatable bonds is 1. The van der Waals surface area contributed by atoms with E-state index in [1.165, 1.54) is 0 Å². The summed E-state index contributed by atoms with van der Waals surface area (Å²) in [5.41, 5.74) is -1.94. The molecule has 2 bridgehead atoms. The molecule has 1 saturated heterocycles. The molecule has 3 fully saturated rings. The summed E-state index contributed by atoms with van der Waals surface area (Å²) in [6.07, 6.45) is 2.62. The standard InChI is InChI=1S/C20H34O5/c1-12-5-6-13-14(11-21)18(12,2)9-10-19(3,24)15(22)7-8-20(4)17(25-20)16(13)23/h12-15,17,21-22,24H,5-11H2,1-4H3/t12-,13-,14+,15-,17-,18+,19+,20-/m1/s1. The maximum Gasteiger partial charge on any atom is 0.168 e. The van der Waals surface area contributed by atoms with Gasteiger partial charge in [0.15, 0.2) is 5.78 Å². The fourth-order valence-corrected chi connectivity index (χ4v) is 5.30. The minimum atomic E-state index is -1.17. The molecule has 0 spiro atoms. The summed E-state index contributed by atoms with van der Waals surface area (Å²) in [4.78, 5) is 13.1. The summed E-state index contributed by atoms with van der Waals surface area (Å²) in [5, 5.41) is 31.4. The minimum Gasteiger partial charge on any atom is -0.396 e. The van der Waals surface area contributed by atoms with Crippen molar-refractivity contribution >= 4 is 5.78 Å². The second-order valence-electron chi connectivity index (χ2n) is 9.50. The third kappa shape index (κ3) is 3.18. The SMILES string of the molecule is C[C@@H]1CC[C@H]2C(=O)[C@H]3O[C@]3(C)CC[C@@H](O)[C@@](C)(O)CC[C@]1(C)[C@H]2CO. The Labute approximate surface area is 150 Å². The van der Waals surface area contributed by atoms with Crippen LogP contribution in [0, 0.1) is 23.2 Å². The van der Waals surface area contributed by atoms with Crippen molar-refractivity contribution in [2.45, 2.75) is 89.6 Å². The van der Waals surface area contributed by atoms with Crippen molar-refractivity contribution in [2.24, 2.45) is 23.2 Å². The van der Waals surface area contributed by atoms with E-state index in [1.807, 2.05) is 6.92 Å². The molecule has 0 amide bonds. The zero-order valence-electron chi connectivity index (χ0n) is 16.0. The number of aliphatic hydroxyl groups is 3. The number of epoxide rings is 1. The Hall–Kier alpha value is -0.490. The van der Waals surface area contributed by atoms with Crippen LogP contribution in [0.3, 0.4) is 0 Å². The van der Waals surface area contributed by atoms with Crippen molar-refractivity contribution in [1.29, 1.82) is 0 Å². The molecule has 5 nitrogen and oxygen atoms in total. The monoisotopic (exact) mass is 354 g/mol. The molecule has 0 unspecified atom stereocenters. The number of hydrogen-bond acceptors (Lipinski definition) is 5. The molecule has 3 aliphatic rings. The summed E-state index contributed by atoms with van der Waals surface area (Å²) in [5.74, 6) is 0.189. The highest BCUT2D eigenvalue weighted by molar-refractivity contribution is 5.89. The van der Waals surface area contributed by atoms with E-state index in [4.69, 9.17) is 4.74 Å². The first kappa shape index (κ1) is 19.3. The largest absolute Gasteiger partial charge is 0.396 e. The van der Waals surface area contributed by atoms with E-state index >= 15 is 0 Å². The third-order valence-electron chi connectivity index (χ3n) is 7.88. The topological polar surface area (TPSA) is 90.3 Å². The maximum absolute atomic E-state index is 13.1. The van der Waals surface area contributed by atoms with Crippen LogP contribution in [-0.2, 0) is 9.53 Å². The highest BCUT2D eigenvalue weighted by Crippen LogP contribution is 2.54. The van der Waals surface area contributed by atoms with Gasteiger partial charge in [0.2, 0.25) is 0 Å². The molecule has 2 saturated carbocycles. The first-order chi connectivity index (χ1) is 11.5. The predicted molar refractivity (Wildman–Crippen MR) is 94.0 cm³/mol. The average molecular weight is 354 g/mol. The van der Waals surface area contributed by atoms with E-state index in [-0.39, 0.29) is 29.6 Å². The lowest BCUT2D eigenvalue weighted by Gasteiger charge is -2.50. The van der Waals surface area contributed by atoms with Gasteiger partial charge < -0.3 is 20.1 Å². The lowest BCUT2D eigenvalue weighted by atomic mass is 9.54. The van der Waals surface area contributed by atoms with Gasteiger partial charge in [-0.25, -0.2) is 0 Å². The van der Waals surface area contributed by atoms with Gasteiger partial charge in [-0.15, -0.1) is 0 Å². The van der Waals surface area contributed by atoms with Gasteiger partial charge in [0.1, 0.15) is 6.10 Å². The molecule has 2 aliphatic carbocycles. The lowest BCUT2D eigenvalue weighted by Crippen LogP contribution is -2.50. The molecular weight excluding hydrogens is 320 g/mol. The van der Waals surface area contributed by atoms with Crippen LogP contribution >= 0.6 is 0 Å². The predicted octanol–water partition coefficient (Wildman–Crippen LogP) is 2.06. The van der Waals surface area contributed by atoms with Crippen LogP contribution in [0.25, 0.3) is 0 Å². The van der Waals surface area contributed by atoms with E-state index in [9.17, 15) is 20.1 Å². The molecule has 3 rings (SSSR count). The summed E-state index contributed by atoms with van der Waals surface area (Å²) in [7, 11) is 0. The summed E-state index contributed by atoms with van der Waals surface area (Å²) < 4.78 is 5.77. The smallest absolute Gasteiger partial charge is 0.168 e. The van der Waals surface area contributed by atoms with Gasteiger partial charge in [0, 0.05) is 12.5 Å². The van der Waals surface area contributed by atoms with Crippen molar-refractivity contribution in [3.63, 3.8) is 0 Å². The number of fused-ring (bicyclic) bond motifs is 3. The van der Waals surface area contributed by atoms with Crippen LogP contribution in [0.15, 0.2) is 0 Å². The number of Topliss-reactive ketones (excluding diaryl/α,β-unsaturated/α-hetero) is 1. The van der Waals surface area contributed by atoms with Gasteiger partial charge in [0.25, 0.3) is 0 Å². The van der Waals surface area contributed by atoms with Gasteiger partial charge in [0.05, 0.1) is 17.3 Å². The average Bonchev–Trinajstić information content (AvgIpc) is 3.24. The molecule has 0 aromatic carbocycles. The number of hydrogen-bond donors (Lipinski definition) is 3. The maximum atomic E-state index is 13.1. The minimum absolute atomic E-state index is 0.0224. The van der Waals surface area contributed by atoms with Crippen LogP contribution in [0.2, 0.25) is 0 Å².